The Morgan fingerprint density at radius 3 is 2.63 bits per heavy atom. The number of benzene rings is 1. The van der Waals surface area contributed by atoms with Gasteiger partial charge in [-0.05, 0) is 32.0 Å². The molecule has 0 bridgehead atoms. The van der Waals surface area contributed by atoms with E-state index in [2.05, 4.69) is 0 Å². The number of carbonyl (C=O) groups excluding carboxylic acids is 1. The van der Waals surface area contributed by atoms with Gasteiger partial charge in [-0.1, -0.05) is 23.2 Å². The number of nitrogens with zero attached hydrogens (tertiary/aromatic N) is 1. The van der Waals surface area contributed by atoms with Gasteiger partial charge in [0.2, 0.25) is 0 Å². The van der Waals surface area contributed by atoms with E-state index in [1.807, 2.05) is 36.7 Å². The van der Waals surface area contributed by atoms with Crippen LogP contribution < -0.4 is 0 Å². The van der Waals surface area contributed by atoms with Crippen molar-refractivity contribution in [3.8, 4) is 0 Å². The lowest BCUT2D eigenvalue weighted by Gasteiger charge is -2.20. The normalized spacial score (nSPS) is 14.4. The molecule has 2 atom stereocenters. The van der Waals surface area contributed by atoms with Gasteiger partial charge < -0.3 is 9.30 Å². The summed E-state index contributed by atoms with van der Waals surface area (Å²) in [6.07, 6.45) is 1.91. The Hall–Kier alpha value is -1.19. The number of fused-ring (bicyclic) bond motifs is 1. The predicted molar refractivity (Wildman–Crippen MR) is 77.8 cm³/mol. The molecule has 3 nitrogen and oxygen atoms in total. The van der Waals surface area contributed by atoms with E-state index in [-0.39, 0.29) is 17.9 Å². The number of carbonyl (C=O) groups is 1. The molecule has 1 aromatic heterocycles. The largest absolute Gasteiger partial charge is 0.469 e. The monoisotopic (exact) mass is 299 g/mol. The number of halogens is 2. The molecule has 1 aromatic carbocycles. The fourth-order valence-electron chi connectivity index (χ4n) is 2.16. The van der Waals surface area contributed by atoms with Crippen LogP contribution in [0.1, 0.15) is 19.9 Å². The van der Waals surface area contributed by atoms with Crippen molar-refractivity contribution in [3.63, 3.8) is 0 Å². The minimum absolute atomic E-state index is 0.0421. The summed E-state index contributed by atoms with van der Waals surface area (Å²) in [7, 11) is 1.40. The zero-order chi connectivity index (χ0) is 14.2. The number of rotatable bonds is 3. The van der Waals surface area contributed by atoms with Gasteiger partial charge >= 0.3 is 5.97 Å². The van der Waals surface area contributed by atoms with Crippen LogP contribution in [0, 0.1) is 5.92 Å². The minimum atomic E-state index is -0.252. The molecular weight excluding hydrogens is 285 g/mol. The maximum absolute atomic E-state index is 11.6. The average molecular weight is 300 g/mol. The first-order valence-electron chi connectivity index (χ1n) is 5.99. The first kappa shape index (κ1) is 14.2. The molecule has 0 aliphatic carbocycles. The van der Waals surface area contributed by atoms with E-state index in [4.69, 9.17) is 27.9 Å². The van der Waals surface area contributed by atoms with Crippen molar-refractivity contribution in [1.82, 2.24) is 4.57 Å². The molecule has 0 aliphatic heterocycles. The van der Waals surface area contributed by atoms with Crippen LogP contribution >= 0.6 is 23.2 Å². The number of esters is 1. The van der Waals surface area contributed by atoms with Gasteiger partial charge in [0.25, 0.3) is 0 Å². The van der Waals surface area contributed by atoms with E-state index in [0.29, 0.717) is 10.0 Å². The van der Waals surface area contributed by atoms with E-state index in [1.165, 1.54) is 7.11 Å². The van der Waals surface area contributed by atoms with Gasteiger partial charge in [-0.2, -0.15) is 0 Å². The van der Waals surface area contributed by atoms with Crippen molar-refractivity contribution in [1.29, 1.82) is 0 Å². The van der Waals surface area contributed by atoms with E-state index >= 15 is 0 Å². The summed E-state index contributed by atoms with van der Waals surface area (Å²) in [6.45, 7) is 3.81. The maximum Gasteiger partial charge on any atom is 0.310 e. The lowest BCUT2D eigenvalue weighted by molar-refractivity contribution is -0.146. The molecule has 0 saturated carbocycles. The number of hydrogen-bond donors (Lipinski definition) is 0. The fraction of sp³-hybridized carbons (Fsp3) is 0.357. The zero-order valence-corrected chi connectivity index (χ0v) is 12.5. The summed E-state index contributed by atoms with van der Waals surface area (Å²) in [5, 5.41) is 2.12. The first-order valence-corrected chi connectivity index (χ1v) is 6.74. The SMILES string of the molecule is COC(=O)C(C)C(C)n1ccc2c(Cl)cc(Cl)cc21. The van der Waals surface area contributed by atoms with Crippen LogP contribution in [0.4, 0.5) is 0 Å². The second-order valence-electron chi connectivity index (χ2n) is 4.60. The third kappa shape index (κ3) is 2.58. The van der Waals surface area contributed by atoms with Crippen LogP contribution in [-0.2, 0) is 9.53 Å². The third-order valence-electron chi connectivity index (χ3n) is 3.49. The summed E-state index contributed by atoms with van der Waals surface area (Å²) in [5.74, 6) is -0.485. The van der Waals surface area contributed by atoms with Crippen LogP contribution in [0.3, 0.4) is 0 Å². The van der Waals surface area contributed by atoms with Crippen LogP contribution in [0.15, 0.2) is 24.4 Å². The van der Waals surface area contributed by atoms with Crippen LogP contribution in [-0.4, -0.2) is 17.6 Å². The Kier molecular flexibility index (Phi) is 4.07. The van der Waals surface area contributed by atoms with E-state index in [1.54, 1.807) is 6.07 Å². The van der Waals surface area contributed by atoms with Gasteiger partial charge in [-0.3, -0.25) is 4.79 Å². The second kappa shape index (κ2) is 5.43. The number of hydrogen-bond acceptors (Lipinski definition) is 2. The summed E-state index contributed by atoms with van der Waals surface area (Å²) in [4.78, 5) is 11.6. The molecule has 0 radical (unpaired) electrons. The Balaban J connectivity index is 2.48. The smallest absolute Gasteiger partial charge is 0.310 e. The molecule has 1 heterocycles. The van der Waals surface area contributed by atoms with Gasteiger partial charge in [0.05, 0.1) is 23.6 Å². The minimum Gasteiger partial charge on any atom is -0.469 e. The van der Waals surface area contributed by atoms with Crippen molar-refractivity contribution in [2.75, 3.05) is 7.11 Å². The highest BCUT2D eigenvalue weighted by atomic mass is 35.5. The highest BCUT2D eigenvalue weighted by Crippen LogP contribution is 2.32. The topological polar surface area (TPSA) is 31.2 Å². The summed E-state index contributed by atoms with van der Waals surface area (Å²) < 4.78 is 6.78. The molecule has 0 spiro atoms. The van der Waals surface area contributed by atoms with Crippen LogP contribution in [0.5, 0.6) is 0 Å². The molecule has 2 aromatic rings. The molecule has 19 heavy (non-hydrogen) atoms. The Labute approximate surface area is 122 Å². The van der Waals surface area contributed by atoms with E-state index in [0.717, 1.165) is 10.9 Å². The average Bonchev–Trinajstić information content (AvgIpc) is 2.79. The lowest BCUT2D eigenvalue weighted by atomic mass is 10.0. The molecule has 2 rings (SSSR count). The number of methoxy groups -OCH3 is 1. The summed E-state index contributed by atoms with van der Waals surface area (Å²) in [5.41, 5.74) is 0.917. The van der Waals surface area contributed by atoms with E-state index < -0.39 is 0 Å². The standard InChI is InChI=1S/C14H15Cl2NO2/c1-8(14(18)19-3)9(2)17-5-4-11-12(16)6-10(15)7-13(11)17/h4-9H,1-3H3. The molecule has 0 amide bonds. The summed E-state index contributed by atoms with van der Waals surface area (Å²) >= 11 is 12.2. The molecule has 2 unspecified atom stereocenters. The Morgan fingerprint density at radius 1 is 1.32 bits per heavy atom. The van der Waals surface area contributed by atoms with Crippen molar-refractivity contribution in [3.05, 3.63) is 34.4 Å². The van der Waals surface area contributed by atoms with Crippen molar-refractivity contribution in [2.24, 2.45) is 5.92 Å². The second-order valence-corrected chi connectivity index (χ2v) is 5.44. The fourth-order valence-corrected chi connectivity index (χ4v) is 2.71. The molecule has 5 heteroatoms. The predicted octanol–water partition coefficient (Wildman–Crippen LogP) is 4.32. The first-order chi connectivity index (χ1) is 8.95. The number of ether oxygens (including phenoxy) is 1. The molecule has 0 fully saturated rings. The molecule has 0 N–H and O–H groups in total. The summed E-state index contributed by atoms with van der Waals surface area (Å²) in [6, 6.07) is 5.45. The highest BCUT2D eigenvalue weighted by Gasteiger charge is 2.23. The molecular formula is C14H15Cl2NO2. The maximum atomic E-state index is 11.6. The van der Waals surface area contributed by atoms with Gasteiger partial charge in [-0.25, -0.2) is 0 Å². The van der Waals surface area contributed by atoms with Crippen LogP contribution in [0.2, 0.25) is 10.0 Å². The van der Waals surface area contributed by atoms with Gasteiger partial charge in [0.1, 0.15) is 0 Å². The van der Waals surface area contributed by atoms with Crippen molar-refractivity contribution < 1.29 is 9.53 Å². The van der Waals surface area contributed by atoms with Crippen molar-refractivity contribution in [2.45, 2.75) is 19.9 Å². The third-order valence-corrected chi connectivity index (χ3v) is 4.02. The molecule has 102 valence electrons. The number of aromatic nitrogens is 1. The Morgan fingerprint density at radius 2 is 2.00 bits per heavy atom. The van der Waals surface area contributed by atoms with Gasteiger partial charge in [0.15, 0.2) is 0 Å². The van der Waals surface area contributed by atoms with Crippen LogP contribution in [0.25, 0.3) is 10.9 Å². The van der Waals surface area contributed by atoms with Gasteiger partial charge in [-0.15, -0.1) is 0 Å². The Bertz CT molecular complexity index is 621. The lowest BCUT2D eigenvalue weighted by Crippen LogP contribution is -2.22. The zero-order valence-electron chi connectivity index (χ0n) is 11.0. The molecule has 0 saturated heterocycles. The van der Waals surface area contributed by atoms with E-state index in [9.17, 15) is 4.79 Å². The quantitative estimate of drug-likeness (QED) is 0.791. The van der Waals surface area contributed by atoms with Crippen molar-refractivity contribution >= 4 is 40.1 Å². The highest BCUT2D eigenvalue weighted by molar-refractivity contribution is 6.38. The molecule has 0 aliphatic rings. The van der Waals surface area contributed by atoms with Gasteiger partial charge in [0, 0.05) is 22.6 Å².